The first-order chi connectivity index (χ1) is 16.4. The summed E-state index contributed by atoms with van der Waals surface area (Å²) < 4.78 is 6.31. The molecule has 2 fully saturated rings. The largest absolute Gasteiger partial charge is 0.493 e. The number of benzene rings is 1. The lowest BCUT2D eigenvalue weighted by Crippen LogP contribution is -2.34. The predicted molar refractivity (Wildman–Crippen MR) is 128 cm³/mol. The predicted octanol–water partition coefficient (Wildman–Crippen LogP) is 3.87. The number of hydrogen-bond donors (Lipinski definition) is 3. The van der Waals surface area contributed by atoms with Gasteiger partial charge in [-0.25, -0.2) is 9.59 Å². The molecule has 1 aliphatic carbocycles. The molecule has 2 aromatic rings. The second kappa shape index (κ2) is 12.9. The lowest BCUT2D eigenvalue weighted by Gasteiger charge is -2.33. The normalized spacial score (nSPS) is 17.4. The number of hydrogen-bond acceptors (Lipinski definition) is 5. The minimum Gasteiger partial charge on any atom is -0.493 e. The van der Waals surface area contributed by atoms with Crippen LogP contribution in [0.3, 0.4) is 0 Å². The molecule has 1 aromatic carbocycles. The first-order valence-electron chi connectivity index (χ1n) is 12.0. The molecule has 1 saturated carbocycles. The zero-order valence-electron chi connectivity index (χ0n) is 19.4. The number of carbonyl (C=O) groups is 2. The standard InChI is InChI=1S/C24H32N2O2.C2H2O4/c27-24-21(9-6-14-25-24)17-26-15-12-20(13-16-26)22-10-4-5-11-23(22)28-18-19-7-2-1-3-8-19;3-1(4)2(5)6/h4-6,9-11,14,19-20H,1-3,7-8,12-13,15-18H2,(H,25,27);(H,3,4)(H,5,6). The van der Waals surface area contributed by atoms with E-state index in [1.807, 2.05) is 12.1 Å². The van der Waals surface area contributed by atoms with Gasteiger partial charge in [-0.2, -0.15) is 0 Å². The molecule has 2 aliphatic rings. The molecule has 34 heavy (non-hydrogen) atoms. The van der Waals surface area contributed by atoms with Crippen molar-refractivity contribution in [1.82, 2.24) is 9.88 Å². The minimum atomic E-state index is -1.82. The third-order valence-corrected chi connectivity index (χ3v) is 6.62. The van der Waals surface area contributed by atoms with Crippen LogP contribution in [0.25, 0.3) is 0 Å². The van der Waals surface area contributed by atoms with Crippen LogP contribution in [0.5, 0.6) is 5.75 Å². The monoisotopic (exact) mass is 470 g/mol. The Morgan fingerprint density at radius 2 is 1.62 bits per heavy atom. The van der Waals surface area contributed by atoms with E-state index in [1.54, 1.807) is 6.20 Å². The topological polar surface area (TPSA) is 120 Å². The Kier molecular flexibility index (Phi) is 9.70. The smallest absolute Gasteiger partial charge is 0.414 e. The van der Waals surface area contributed by atoms with Crippen molar-refractivity contribution >= 4 is 11.9 Å². The fourth-order valence-electron chi connectivity index (χ4n) is 4.73. The van der Waals surface area contributed by atoms with Crippen molar-refractivity contribution in [2.24, 2.45) is 5.92 Å². The Bertz CT molecular complexity index is 979. The van der Waals surface area contributed by atoms with Crippen molar-refractivity contribution in [3.05, 3.63) is 64.1 Å². The SMILES string of the molecule is O=C(O)C(=O)O.O=c1[nH]cccc1CN1CCC(c2ccccc2OCC2CCCCC2)CC1. The summed E-state index contributed by atoms with van der Waals surface area (Å²) in [5.41, 5.74) is 2.26. The van der Waals surface area contributed by atoms with Crippen LogP contribution in [0, 0.1) is 5.92 Å². The molecular formula is C26H34N2O6. The molecule has 8 nitrogen and oxygen atoms in total. The van der Waals surface area contributed by atoms with Crippen molar-refractivity contribution in [3.8, 4) is 5.75 Å². The second-order valence-electron chi connectivity index (χ2n) is 9.04. The molecule has 0 unspecified atom stereocenters. The number of para-hydroxylation sites is 1. The van der Waals surface area contributed by atoms with E-state index >= 15 is 0 Å². The molecule has 1 aromatic heterocycles. The van der Waals surface area contributed by atoms with Crippen LogP contribution in [-0.4, -0.2) is 51.7 Å². The number of likely N-dealkylation sites (tertiary alicyclic amines) is 1. The van der Waals surface area contributed by atoms with E-state index in [-0.39, 0.29) is 5.56 Å². The van der Waals surface area contributed by atoms with Gasteiger partial charge in [0, 0.05) is 18.3 Å². The summed E-state index contributed by atoms with van der Waals surface area (Å²) in [5, 5.41) is 14.8. The number of aromatic amines is 1. The van der Waals surface area contributed by atoms with Crippen molar-refractivity contribution in [2.45, 2.75) is 57.4 Å². The Hall–Kier alpha value is -3.13. The van der Waals surface area contributed by atoms with Crippen LogP contribution >= 0.6 is 0 Å². The van der Waals surface area contributed by atoms with Gasteiger partial charge in [0.25, 0.3) is 5.56 Å². The average molecular weight is 471 g/mol. The highest BCUT2D eigenvalue weighted by molar-refractivity contribution is 6.27. The number of aromatic nitrogens is 1. The zero-order chi connectivity index (χ0) is 24.3. The first-order valence-corrected chi connectivity index (χ1v) is 12.0. The number of carboxylic acid groups (broad SMARTS) is 2. The number of rotatable bonds is 6. The third kappa shape index (κ3) is 7.73. The number of nitrogens with one attached hydrogen (secondary N) is 1. The molecule has 0 amide bonds. The highest BCUT2D eigenvalue weighted by atomic mass is 16.5. The van der Waals surface area contributed by atoms with Crippen molar-refractivity contribution in [1.29, 1.82) is 0 Å². The molecule has 8 heteroatoms. The molecule has 1 aliphatic heterocycles. The molecule has 4 rings (SSSR count). The summed E-state index contributed by atoms with van der Waals surface area (Å²) in [4.78, 5) is 35.3. The van der Waals surface area contributed by atoms with Gasteiger partial charge in [-0.15, -0.1) is 0 Å². The first kappa shape index (κ1) is 25.5. The molecule has 1 saturated heterocycles. The van der Waals surface area contributed by atoms with Gasteiger partial charge in [0.1, 0.15) is 5.75 Å². The van der Waals surface area contributed by atoms with Gasteiger partial charge < -0.3 is 19.9 Å². The van der Waals surface area contributed by atoms with Crippen LogP contribution in [0.15, 0.2) is 47.4 Å². The fraction of sp³-hybridized carbons (Fsp3) is 0.500. The number of carboxylic acids is 2. The number of H-pyrrole nitrogens is 1. The van der Waals surface area contributed by atoms with E-state index in [4.69, 9.17) is 24.5 Å². The summed E-state index contributed by atoms with van der Waals surface area (Å²) >= 11 is 0. The van der Waals surface area contributed by atoms with Crippen molar-refractivity contribution in [3.63, 3.8) is 0 Å². The van der Waals surface area contributed by atoms with Crippen molar-refractivity contribution in [2.75, 3.05) is 19.7 Å². The Labute approximate surface area is 199 Å². The lowest BCUT2D eigenvalue weighted by molar-refractivity contribution is -0.159. The minimum absolute atomic E-state index is 0.0334. The average Bonchev–Trinajstić information content (AvgIpc) is 2.86. The van der Waals surface area contributed by atoms with E-state index in [2.05, 4.69) is 34.1 Å². The van der Waals surface area contributed by atoms with Crippen LogP contribution in [0.4, 0.5) is 0 Å². The van der Waals surface area contributed by atoms with E-state index in [0.29, 0.717) is 5.92 Å². The summed E-state index contributed by atoms with van der Waals surface area (Å²) in [5.74, 6) is -1.28. The molecule has 0 spiro atoms. The highest BCUT2D eigenvalue weighted by Gasteiger charge is 2.24. The molecule has 184 valence electrons. The molecular weight excluding hydrogens is 436 g/mol. The van der Waals surface area contributed by atoms with Crippen LogP contribution in [-0.2, 0) is 16.1 Å². The number of pyridine rings is 1. The van der Waals surface area contributed by atoms with E-state index < -0.39 is 11.9 Å². The van der Waals surface area contributed by atoms with Gasteiger partial charge in [-0.05, 0) is 68.3 Å². The number of piperidine rings is 1. The maximum absolute atomic E-state index is 11.9. The molecule has 3 N–H and O–H groups in total. The molecule has 2 heterocycles. The van der Waals surface area contributed by atoms with Crippen LogP contribution in [0.1, 0.15) is 62.0 Å². The van der Waals surface area contributed by atoms with Gasteiger partial charge in [-0.3, -0.25) is 9.69 Å². The zero-order valence-corrected chi connectivity index (χ0v) is 19.4. The Morgan fingerprint density at radius 1 is 0.941 bits per heavy atom. The Morgan fingerprint density at radius 3 is 2.26 bits per heavy atom. The lowest BCUT2D eigenvalue weighted by atomic mass is 9.88. The summed E-state index contributed by atoms with van der Waals surface area (Å²) in [6.07, 6.45) is 10.7. The maximum atomic E-state index is 11.9. The summed E-state index contributed by atoms with van der Waals surface area (Å²) in [6.45, 7) is 3.65. The molecule has 0 atom stereocenters. The highest BCUT2D eigenvalue weighted by Crippen LogP contribution is 2.35. The van der Waals surface area contributed by atoms with Gasteiger partial charge in [0.15, 0.2) is 0 Å². The third-order valence-electron chi connectivity index (χ3n) is 6.62. The number of ether oxygens (including phenoxy) is 1. The van der Waals surface area contributed by atoms with Gasteiger partial charge in [-0.1, -0.05) is 43.5 Å². The van der Waals surface area contributed by atoms with Gasteiger partial charge in [0.2, 0.25) is 0 Å². The van der Waals surface area contributed by atoms with E-state index in [1.165, 1.54) is 37.7 Å². The van der Waals surface area contributed by atoms with Crippen LogP contribution in [0.2, 0.25) is 0 Å². The van der Waals surface area contributed by atoms with E-state index in [9.17, 15) is 4.79 Å². The van der Waals surface area contributed by atoms with Crippen molar-refractivity contribution < 1.29 is 24.5 Å². The molecule has 0 bridgehead atoms. The van der Waals surface area contributed by atoms with Gasteiger partial charge in [0.05, 0.1) is 6.61 Å². The van der Waals surface area contributed by atoms with E-state index in [0.717, 1.165) is 56.3 Å². The second-order valence-corrected chi connectivity index (χ2v) is 9.04. The number of aliphatic carboxylic acids is 2. The number of nitrogens with zero attached hydrogens (tertiary/aromatic N) is 1. The fourth-order valence-corrected chi connectivity index (χ4v) is 4.73. The summed E-state index contributed by atoms with van der Waals surface area (Å²) in [6, 6.07) is 12.5. The summed E-state index contributed by atoms with van der Waals surface area (Å²) in [7, 11) is 0. The Balaban J connectivity index is 0.000000481. The quantitative estimate of drug-likeness (QED) is 0.548. The maximum Gasteiger partial charge on any atom is 0.414 e. The molecule has 0 radical (unpaired) electrons. The van der Waals surface area contributed by atoms with Gasteiger partial charge >= 0.3 is 11.9 Å². The van der Waals surface area contributed by atoms with Crippen LogP contribution < -0.4 is 10.3 Å².